The lowest BCUT2D eigenvalue weighted by Gasteiger charge is -2.29. The predicted octanol–water partition coefficient (Wildman–Crippen LogP) is 7.51. The van der Waals surface area contributed by atoms with Crippen LogP contribution in [0.2, 0.25) is 0 Å². The van der Waals surface area contributed by atoms with Gasteiger partial charge in [-0.15, -0.1) is 0 Å². The first-order chi connectivity index (χ1) is 16.9. The van der Waals surface area contributed by atoms with E-state index in [2.05, 4.69) is 38.6 Å². The molecule has 1 aliphatic rings. The van der Waals surface area contributed by atoms with Gasteiger partial charge in [0.15, 0.2) is 0 Å². The summed E-state index contributed by atoms with van der Waals surface area (Å²) in [6.45, 7) is 9.94. The smallest absolute Gasteiger partial charge is 0.333 e. The van der Waals surface area contributed by atoms with Crippen molar-refractivity contribution in [2.24, 2.45) is 5.92 Å². The lowest BCUT2D eigenvalue weighted by atomic mass is 9.76. The molecule has 1 aliphatic carbocycles. The van der Waals surface area contributed by atoms with Crippen LogP contribution in [0.3, 0.4) is 0 Å². The number of aliphatic hydroxyl groups is 1. The van der Waals surface area contributed by atoms with Crippen LogP contribution >= 0.6 is 0 Å². The average Bonchev–Trinajstić information content (AvgIpc) is 2.86. The number of hydrogen-bond donors (Lipinski definition) is 1. The maximum Gasteiger partial charge on any atom is 0.333 e. The molecule has 0 unspecified atom stereocenters. The third kappa shape index (κ3) is 7.70. The number of aryl methyl sites for hydroxylation is 1. The van der Waals surface area contributed by atoms with Gasteiger partial charge in [0.2, 0.25) is 0 Å². The molecule has 0 aliphatic heterocycles. The Balaban J connectivity index is 1.72. The van der Waals surface area contributed by atoms with Gasteiger partial charge in [0.25, 0.3) is 0 Å². The first-order valence-electron chi connectivity index (χ1n) is 13.2. The highest BCUT2D eigenvalue weighted by atomic mass is 16.5. The van der Waals surface area contributed by atoms with Gasteiger partial charge in [-0.05, 0) is 85.8 Å². The van der Waals surface area contributed by atoms with Gasteiger partial charge >= 0.3 is 5.97 Å². The quantitative estimate of drug-likeness (QED) is 0.195. The second kappa shape index (κ2) is 13.5. The summed E-state index contributed by atoms with van der Waals surface area (Å²) >= 11 is 0. The molecule has 35 heavy (non-hydrogen) atoms. The molecule has 0 heterocycles. The minimum Gasteiger partial charge on any atom is -0.491 e. The van der Waals surface area contributed by atoms with Crippen molar-refractivity contribution in [2.75, 3.05) is 13.2 Å². The Bertz CT molecular complexity index is 985. The molecule has 0 amide bonds. The number of hydrogen-bond acceptors (Lipinski definition) is 4. The molecule has 0 aromatic heterocycles. The monoisotopic (exact) mass is 478 g/mol. The fourth-order valence-corrected chi connectivity index (χ4v) is 5.15. The summed E-state index contributed by atoms with van der Waals surface area (Å²) in [5.74, 6) is 1.77. The highest BCUT2D eigenvalue weighted by Crippen LogP contribution is 2.39. The number of unbranched alkanes of at least 4 members (excludes halogenated alkanes) is 2. The summed E-state index contributed by atoms with van der Waals surface area (Å²) < 4.78 is 11.1. The Labute approximate surface area is 211 Å². The van der Waals surface area contributed by atoms with E-state index in [1.54, 1.807) is 6.92 Å². The molecule has 2 aromatic carbocycles. The zero-order chi connectivity index (χ0) is 25.2. The van der Waals surface area contributed by atoms with Crippen LogP contribution < -0.4 is 4.74 Å². The molecule has 0 radical (unpaired) electrons. The molecule has 0 saturated heterocycles. The predicted molar refractivity (Wildman–Crippen MR) is 143 cm³/mol. The van der Waals surface area contributed by atoms with Gasteiger partial charge < -0.3 is 14.6 Å². The third-order valence-electron chi connectivity index (χ3n) is 7.21. The minimum atomic E-state index is -0.427. The van der Waals surface area contributed by atoms with E-state index in [9.17, 15) is 4.79 Å². The molecule has 190 valence electrons. The van der Waals surface area contributed by atoms with Gasteiger partial charge in [-0.25, -0.2) is 4.79 Å². The van der Waals surface area contributed by atoms with Crippen LogP contribution in [0.4, 0.5) is 0 Å². The van der Waals surface area contributed by atoms with Gasteiger partial charge in [0.05, 0.1) is 6.61 Å². The van der Waals surface area contributed by atoms with Crippen molar-refractivity contribution in [3.05, 3.63) is 65.2 Å². The van der Waals surface area contributed by atoms with Crippen molar-refractivity contribution >= 4 is 5.97 Å². The van der Waals surface area contributed by atoms with Gasteiger partial charge in [-0.2, -0.15) is 0 Å². The third-order valence-corrected chi connectivity index (χ3v) is 7.21. The summed E-state index contributed by atoms with van der Waals surface area (Å²) in [6.07, 6.45) is 10.8. The van der Waals surface area contributed by atoms with E-state index in [1.807, 2.05) is 18.2 Å². The Morgan fingerprint density at radius 1 is 1.09 bits per heavy atom. The normalized spacial score (nSPS) is 17.7. The van der Waals surface area contributed by atoms with Gasteiger partial charge in [0, 0.05) is 11.1 Å². The molecule has 0 bridgehead atoms. The molecule has 1 N–H and O–H groups in total. The summed E-state index contributed by atoms with van der Waals surface area (Å²) in [5.41, 5.74) is 6.07. The fourth-order valence-electron chi connectivity index (χ4n) is 5.15. The van der Waals surface area contributed by atoms with Crippen LogP contribution in [-0.4, -0.2) is 24.3 Å². The number of carbonyl (C=O) groups excluding carboxylic acids is 1. The van der Waals surface area contributed by atoms with Crippen LogP contribution in [0.15, 0.2) is 48.6 Å². The molecule has 3 rings (SSSR count). The molecule has 4 heteroatoms. The Morgan fingerprint density at radius 2 is 1.86 bits per heavy atom. The van der Waals surface area contributed by atoms with E-state index in [0.717, 1.165) is 17.0 Å². The number of aliphatic hydroxyl groups excluding tert-OH is 1. The average molecular weight is 479 g/mol. The first kappa shape index (κ1) is 27.0. The molecule has 0 spiro atoms. The van der Waals surface area contributed by atoms with Gasteiger partial charge in [-0.1, -0.05) is 63.5 Å². The number of esters is 1. The van der Waals surface area contributed by atoms with E-state index < -0.39 is 5.97 Å². The maximum absolute atomic E-state index is 11.9. The summed E-state index contributed by atoms with van der Waals surface area (Å²) in [4.78, 5) is 11.9. The lowest BCUT2D eigenvalue weighted by molar-refractivity contribution is -0.140. The van der Waals surface area contributed by atoms with Crippen LogP contribution in [0, 0.1) is 12.8 Å². The molecular formula is C31H42O4. The first-order valence-corrected chi connectivity index (χ1v) is 13.2. The van der Waals surface area contributed by atoms with Gasteiger partial charge in [0.1, 0.15) is 19.0 Å². The zero-order valence-electron chi connectivity index (χ0n) is 21.8. The maximum atomic E-state index is 11.9. The van der Waals surface area contributed by atoms with Crippen LogP contribution in [0.5, 0.6) is 5.75 Å². The summed E-state index contributed by atoms with van der Waals surface area (Å²) in [5, 5.41) is 9.15. The van der Waals surface area contributed by atoms with Crippen LogP contribution in [0.25, 0.3) is 11.1 Å². The number of rotatable bonds is 12. The topological polar surface area (TPSA) is 55.8 Å². The van der Waals surface area contributed by atoms with E-state index in [4.69, 9.17) is 14.6 Å². The molecule has 1 saturated carbocycles. The summed E-state index contributed by atoms with van der Waals surface area (Å²) in [7, 11) is 0. The molecular weight excluding hydrogens is 436 g/mol. The van der Waals surface area contributed by atoms with Crippen molar-refractivity contribution in [1.29, 1.82) is 0 Å². The van der Waals surface area contributed by atoms with Crippen LogP contribution in [0.1, 0.15) is 87.8 Å². The van der Waals surface area contributed by atoms with Gasteiger partial charge in [-0.3, -0.25) is 0 Å². The second-order valence-corrected chi connectivity index (χ2v) is 10.0. The van der Waals surface area contributed by atoms with Crippen molar-refractivity contribution in [2.45, 2.75) is 84.7 Å². The highest BCUT2D eigenvalue weighted by Gasteiger charge is 2.22. The largest absolute Gasteiger partial charge is 0.491 e. The second-order valence-electron chi connectivity index (χ2n) is 10.0. The minimum absolute atomic E-state index is 0.0754. The Hall–Kier alpha value is -2.59. The van der Waals surface area contributed by atoms with E-state index in [1.165, 1.54) is 68.1 Å². The lowest BCUT2D eigenvalue weighted by Crippen LogP contribution is -2.13. The zero-order valence-corrected chi connectivity index (χ0v) is 21.8. The van der Waals surface area contributed by atoms with E-state index in [-0.39, 0.29) is 19.8 Å². The van der Waals surface area contributed by atoms with Crippen molar-refractivity contribution in [3.63, 3.8) is 0 Å². The number of ether oxygens (including phenoxy) is 2. The summed E-state index contributed by atoms with van der Waals surface area (Å²) in [6, 6.07) is 12.8. The SMILES string of the molecule is C=C(C)C(=O)OCc1cc(-c2ccc(C3CCC(CCCCC)CC3)cc2C)ccc1OCCO. The van der Waals surface area contributed by atoms with Crippen molar-refractivity contribution < 1.29 is 19.4 Å². The Kier molecular flexibility index (Phi) is 10.4. The molecule has 4 nitrogen and oxygen atoms in total. The number of benzene rings is 2. The van der Waals surface area contributed by atoms with Crippen molar-refractivity contribution in [1.82, 2.24) is 0 Å². The van der Waals surface area contributed by atoms with E-state index in [0.29, 0.717) is 17.2 Å². The van der Waals surface area contributed by atoms with Crippen molar-refractivity contribution in [3.8, 4) is 16.9 Å². The fraction of sp³-hybridized carbons (Fsp3) is 0.516. The van der Waals surface area contributed by atoms with E-state index >= 15 is 0 Å². The standard InChI is InChI=1S/C31H42O4/c1-5-6-7-8-24-9-11-25(12-10-24)26-13-15-29(23(4)19-26)27-14-16-30(34-18-17-32)28(20-27)21-35-31(33)22(2)3/h13-16,19-20,24-25,32H,2,5-12,17-18,21H2,1,3-4H3. The highest BCUT2D eigenvalue weighted by molar-refractivity contribution is 5.87. The van der Waals surface area contributed by atoms with Crippen LogP contribution in [-0.2, 0) is 16.1 Å². The number of carbonyl (C=O) groups is 1. The molecule has 2 aromatic rings. The Morgan fingerprint density at radius 3 is 2.51 bits per heavy atom. The molecule has 0 atom stereocenters. The molecule has 1 fully saturated rings.